The van der Waals surface area contributed by atoms with Crippen molar-refractivity contribution >= 4 is 33.5 Å². The van der Waals surface area contributed by atoms with Crippen molar-refractivity contribution in [2.24, 2.45) is 0 Å². The summed E-state index contributed by atoms with van der Waals surface area (Å²) in [6, 6.07) is 0. The van der Waals surface area contributed by atoms with Crippen LogP contribution in [0.1, 0.15) is 32.3 Å². The molecule has 0 aliphatic heterocycles. The van der Waals surface area contributed by atoms with Gasteiger partial charge in [-0.05, 0) is 22.2 Å². The summed E-state index contributed by atoms with van der Waals surface area (Å²) in [4.78, 5) is 8.77. The third-order valence-corrected chi connectivity index (χ3v) is 3.24. The molecule has 0 spiro atoms. The summed E-state index contributed by atoms with van der Waals surface area (Å²) >= 11 is 5.14. The van der Waals surface area contributed by atoms with Crippen molar-refractivity contribution in [2.75, 3.05) is 12.0 Å². The number of hydrogen-bond donors (Lipinski definition) is 1. The predicted octanol–water partition coefficient (Wildman–Crippen LogP) is 2.98. The fourth-order valence-electron chi connectivity index (χ4n) is 1.20. The van der Waals surface area contributed by atoms with Gasteiger partial charge in [0.25, 0.3) is 0 Å². The van der Waals surface area contributed by atoms with E-state index in [2.05, 4.69) is 46.7 Å². The lowest BCUT2D eigenvalue weighted by Crippen LogP contribution is -2.17. The Morgan fingerprint density at radius 1 is 1.33 bits per heavy atom. The minimum atomic E-state index is -0.0248. The van der Waals surface area contributed by atoms with Gasteiger partial charge in [-0.1, -0.05) is 20.8 Å². The Morgan fingerprint density at radius 2 is 1.93 bits per heavy atom. The predicted molar refractivity (Wildman–Crippen MR) is 70.1 cm³/mol. The average Bonchev–Trinajstić information content (AvgIpc) is 2.09. The lowest BCUT2D eigenvalue weighted by atomic mass is 9.92. The standard InChI is InChI=1S/C10H16BrN3S/c1-10(2,3)8-7(11)9(12)14-6(13-8)5-15-4/h5H2,1-4H3,(H2,12,13,14). The lowest BCUT2D eigenvalue weighted by molar-refractivity contribution is 0.561. The van der Waals surface area contributed by atoms with Crippen molar-refractivity contribution in [3.63, 3.8) is 0 Å². The number of aromatic nitrogens is 2. The fraction of sp³-hybridized carbons (Fsp3) is 0.600. The van der Waals surface area contributed by atoms with E-state index in [9.17, 15) is 0 Å². The van der Waals surface area contributed by atoms with E-state index in [0.29, 0.717) is 5.82 Å². The molecule has 0 atom stereocenters. The smallest absolute Gasteiger partial charge is 0.141 e. The SMILES string of the molecule is CSCc1nc(N)c(Br)c(C(C)(C)C)n1. The third-order valence-electron chi connectivity index (χ3n) is 1.91. The Bertz CT molecular complexity index is 360. The summed E-state index contributed by atoms with van der Waals surface area (Å²) in [6.45, 7) is 6.34. The largest absolute Gasteiger partial charge is 0.383 e. The second-order valence-corrected chi connectivity index (χ2v) is 6.03. The monoisotopic (exact) mass is 289 g/mol. The summed E-state index contributed by atoms with van der Waals surface area (Å²) in [6.07, 6.45) is 2.03. The molecule has 0 fully saturated rings. The van der Waals surface area contributed by atoms with Crippen LogP contribution in [0.25, 0.3) is 0 Å². The Kier molecular flexibility index (Phi) is 4.00. The highest BCUT2D eigenvalue weighted by atomic mass is 79.9. The number of halogens is 1. The molecule has 0 bridgehead atoms. The van der Waals surface area contributed by atoms with Crippen LogP contribution in [0.15, 0.2) is 4.47 Å². The highest BCUT2D eigenvalue weighted by molar-refractivity contribution is 9.10. The van der Waals surface area contributed by atoms with Gasteiger partial charge in [0.15, 0.2) is 0 Å². The number of rotatable bonds is 2. The highest BCUT2D eigenvalue weighted by Gasteiger charge is 2.22. The van der Waals surface area contributed by atoms with E-state index >= 15 is 0 Å². The van der Waals surface area contributed by atoms with Gasteiger partial charge < -0.3 is 5.73 Å². The Labute approximate surface area is 103 Å². The van der Waals surface area contributed by atoms with E-state index < -0.39 is 0 Å². The van der Waals surface area contributed by atoms with Gasteiger partial charge in [0.2, 0.25) is 0 Å². The van der Waals surface area contributed by atoms with E-state index in [0.717, 1.165) is 21.7 Å². The second-order valence-electron chi connectivity index (χ2n) is 4.37. The van der Waals surface area contributed by atoms with Crippen molar-refractivity contribution in [2.45, 2.75) is 31.9 Å². The molecular weight excluding hydrogens is 274 g/mol. The zero-order valence-electron chi connectivity index (χ0n) is 9.47. The molecule has 5 heteroatoms. The highest BCUT2D eigenvalue weighted by Crippen LogP contribution is 2.31. The summed E-state index contributed by atoms with van der Waals surface area (Å²) in [5.41, 5.74) is 6.79. The molecular formula is C10H16BrN3S. The number of anilines is 1. The molecule has 0 amide bonds. The third kappa shape index (κ3) is 3.08. The molecule has 15 heavy (non-hydrogen) atoms. The minimum Gasteiger partial charge on any atom is -0.383 e. The van der Waals surface area contributed by atoms with Gasteiger partial charge in [-0.15, -0.1) is 0 Å². The molecule has 0 aromatic carbocycles. The first-order valence-corrected chi connectivity index (χ1v) is 6.86. The van der Waals surface area contributed by atoms with Crippen LogP contribution in [0.4, 0.5) is 5.82 Å². The number of thioether (sulfide) groups is 1. The molecule has 2 N–H and O–H groups in total. The number of nitrogens with zero attached hydrogens (tertiary/aromatic N) is 2. The molecule has 84 valence electrons. The first kappa shape index (κ1) is 12.8. The fourth-order valence-corrected chi connectivity index (χ4v) is 2.36. The summed E-state index contributed by atoms with van der Waals surface area (Å²) in [7, 11) is 0. The van der Waals surface area contributed by atoms with Crippen molar-refractivity contribution in [1.29, 1.82) is 0 Å². The van der Waals surface area contributed by atoms with E-state index in [1.54, 1.807) is 11.8 Å². The maximum absolute atomic E-state index is 5.84. The minimum absolute atomic E-state index is 0.0248. The molecule has 0 saturated carbocycles. The van der Waals surface area contributed by atoms with Gasteiger partial charge in [-0.2, -0.15) is 11.8 Å². The van der Waals surface area contributed by atoms with Crippen LogP contribution in [0.2, 0.25) is 0 Å². The Morgan fingerprint density at radius 3 is 2.40 bits per heavy atom. The van der Waals surface area contributed by atoms with Crippen molar-refractivity contribution in [1.82, 2.24) is 9.97 Å². The molecule has 0 radical (unpaired) electrons. The Balaban J connectivity index is 3.25. The molecule has 0 aliphatic carbocycles. The average molecular weight is 290 g/mol. The van der Waals surface area contributed by atoms with Crippen molar-refractivity contribution in [3.8, 4) is 0 Å². The van der Waals surface area contributed by atoms with Crippen LogP contribution in [0.5, 0.6) is 0 Å². The number of nitrogens with two attached hydrogens (primary N) is 1. The van der Waals surface area contributed by atoms with Gasteiger partial charge in [0, 0.05) is 5.41 Å². The quantitative estimate of drug-likeness (QED) is 0.909. The topological polar surface area (TPSA) is 51.8 Å². The molecule has 1 aromatic rings. The summed E-state index contributed by atoms with van der Waals surface area (Å²) in [5, 5.41) is 0. The zero-order valence-corrected chi connectivity index (χ0v) is 11.9. The molecule has 1 rings (SSSR count). The zero-order chi connectivity index (χ0) is 11.6. The first-order chi connectivity index (χ1) is 6.86. The normalized spacial score (nSPS) is 11.8. The Hall–Kier alpha value is -0.290. The van der Waals surface area contributed by atoms with Crippen LogP contribution < -0.4 is 5.73 Å². The molecule has 1 aromatic heterocycles. The molecule has 0 unspecified atom stereocenters. The number of hydrogen-bond acceptors (Lipinski definition) is 4. The van der Waals surface area contributed by atoms with E-state index in [4.69, 9.17) is 5.73 Å². The van der Waals surface area contributed by atoms with Gasteiger partial charge in [0.05, 0.1) is 15.9 Å². The van der Waals surface area contributed by atoms with Crippen molar-refractivity contribution in [3.05, 3.63) is 16.0 Å². The first-order valence-electron chi connectivity index (χ1n) is 4.67. The maximum atomic E-state index is 5.84. The van der Waals surface area contributed by atoms with Crippen LogP contribution in [-0.4, -0.2) is 16.2 Å². The number of nitrogen functional groups attached to an aromatic ring is 1. The maximum Gasteiger partial charge on any atom is 0.141 e. The van der Waals surface area contributed by atoms with Gasteiger partial charge in [-0.3, -0.25) is 0 Å². The second kappa shape index (κ2) is 4.70. The van der Waals surface area contributed by atoms with Gasteiger partial charge in [-0.25, -0.2) is 9.97 Å². The van der Waals surface area contributed by atoms with Crippen molar-refractivity contribution < 1.29 is 0 Å². The van der Waals surface area contributed by atoms with Gasteiger partial charge >= 0.3 is 0 Å². The van der Waals surface area contributed by atoms with Crippen LogP contribution >= 0.6 is 27.7 Å². The summed E-state index contributed by atoms with van der Waals surface area (Å²) in [5.74, 6) is 2.12. The summed E-state index contributed by atoms with van der Waals surface area (Å²) < 4.78 is 0.819. The van der Waals surface area contributed by atoms with Crippen LogP contribution in [-0.2, 0) is 11.2 Å². The van der Waals surface area contributed by atoms with Crippen LogP contribution in [0, 0.1) is 0 Å². The van der Waals surface area contributed by atoms with E-state index in [-0.39, 0.29) is 5.41 Å². The molecule has 0 aliphatic rings. The molecule has 3 nitrogen and oxygen atoms in total. The van der Waals surface area contributed by atoms with E-state index in [1.165, 1.54) is 0 Å². The van der Waals surface area contributed by atoms with Gasteiger partial charge in [0.1, 0.15) is 11.6 Å². The molecule has 1 heterocycles. The lowest BCUT2D eigenvalue weighted by Gasteiger charge is -2.20. The van der Waals surface area contributed by atoms with Crippen LogP contribution in [0.3, 0.4) is 0 Å². The van der Waals surface area contributed by atoms with E-state index in [1.807, 2.05) is 6.26 Å². The molecule has 0 saturated heterocycles.